The number of rotatable bonds is 1. The molecule has 0 amide bonds. The molecule has 1 heterocycles. The Morgan fingerprint density at radius 2 is 2.00 bits per heavy atom. The lowest BCUT2D eigenvalue weighted by Crippen LogP contribution is -1.91. The van der Waals surface area contributed by atoms with Crippen molar-refractivity contribution in [2.24, 2.45) is 0 Å². The molecule has 2 aromatic rings. The smallest absolute Gasteiger partial charge is 0.161 e. The Labute approximate surface area is 101 Å². The lowest BCUT2D eigenvalue weighted by Gasteiger charge is -2.02. The third kappa shape index (κ3) is 2.55. The van der Waals surface area contributed by atoms with E-state index in [0.717, 1.165) is 15.7 Å². The van der Waals surface area contributed by atoms with Gasteiger partial charge in [0.2, 0.25) is 0 Å². The van der Waals surface area contributed by atoms with Gasteiger partial charge in [-0.3, -0.25) is 0 Å². The van der Waals surface area contributed by atoms with E-state index in [9.17, 15) is 0 Å². The van der Waals surface area contributed by atoms with Crippen molar-refractivity contribution in [2.45, 2.75) is 6.92 Å². The first-order valence-corrected chi connectivity index (χ1v) is 5.59. The van der Waals surface area contributed by atoms with Crippen LogP contribution in [0.2, 0.25) is 5.15 Å². The largest absolute Gasteiger partial charge is 0.233 e. The number of nitrogens with zero attached hydrogens (tertiary/aromatic N) is 2. The van der Waals surface area contributed by atoms with E-state index in [4.69, 9.17) is 11.6 Å². The summed E-state index contributed by atoms with van der Waals surface area (Å²) in [7, 11) is 0. The molecule has 0 saturated heterocycles. The molecule has 0 unspecified atom stereocenters. The Kier molecular flexibility index (Phi) is 3.03. The van der Waals surface area contributed by atoms with E-state index >= 15 is 0 Å². The minimum atomic E-state index is 0.470. The first-order valence-electron chi connectivity index (χ1n) is 4.42. The third-order valence-electron chi connectivity index (χ3n) is 1.91. The van der Waals surface area contributed by atoms with Crippen molar-refractivity contribution in [1.29, 1.82) is 0 Å². The van der Waals surface area contributed by atoms with Crippen LogP contribution in [0.4, 0.5) is 0 Å². The zero-order valence-electron chi connectivity index (χ0n) is 8.04. The zero-order chi connectivity index (χ0) is 10.8. The van der Waals surface area contributed by atoms with Crippen molar-refractivity contribution in [3.63, 3.8) is 0 Å². The van der Waals surface area contributed by atoms with Gasteiger partial charge in [0.05, 0.1) is 0 Å². The Hall–Kier alpha value is -0.930. The zero-order valence-corrected chi connectivity index (χ0v) is 10.4. The maximum Gasteiger partial charge on any atom is 0.161 e. The summed E-state index contributed by atoms with van der Waals surface area (Å²) in [5.74, 6) is 0.654. The highest BCUT2D eigenvalue weighted by atomic mass is 79.9. The fourth-order valence-corrected chi connectivity index (χ4v) is 1.92. The minimum Gasteiger partial charge on any atom is -0.233 e. The van der Waals surface area contributed by atoms with Crippen molar-refractivity contribution in [2.75, 3.05) is 0 Å². The number of hydrogen-bond donors (Lipinski definition) is 0. The third-order valence-corrected chi connectivity index (χ3v) is 2.59. The lowest BCUT2D eigenvalue weighted by atomic mass is 10.2. The highest BCUT2D eigenvalue weighted by Crippen LogP contribution is 2.21. The van der Waals surface area contributed by atoms with E-state index in [1.807, 2.05) is 31.2 Å². The normalized spacial score (nSPS) is 10.3. The van der Waals surface area contributed by atoms with Gasteiger partial charge in [0.1, 0.15) is 5.15 Å². The molecule has 0 bridgehead atoms. The summed E-state index contributed by atoms with van der Waals surface area (Å²) in [6.07, 6.45) is 0. The molecule has 0 saturated carbocycles. The second kappa shape index (κ2) is 4.29. The summed E-state index contributed by atoms with van der Waals surface area (Å²) in [5, 5.41) is 0.470. The second-order valence-corrected chi connectivity index (χ2v) is 4.47. The number of aryl methyl sites for hydroxylation is 1. The van der Waals surface area contributed by atoms with E-state index in [1.165, 1.54) is 0 Å². The van der Waals surface area contributed by atoms with Crippen LogP contribution in [0.3, 0.4) is 0 Å². The molecule has 0 aliphatic rings. The topological polar surface area (TPSA) is 25.8 Å². The summed E-state index contributed by atoms with van der Waals surface area (Å²) >= 11 is 9.28. The molecule has 2 nitrogen and oxygen atoms in total. The van der Waals surface area contributed by atoms with Crippen LogP contribution in [0, 0.1) is 6.92 Å². The van der Waals surface area contributed by atoms with Crippen LogP contribution in [-0.2, 0) is 0 Å². The summed E-state index contributed by atoms with van der Waals surface area (Å²) in [6.45, 7) is 1.90. The number of benzene rings is 1. The van der Waals surface area contributed by atoms with Gasteiger partial charge >= 0.3 is 0 Å². The molecular formula is C11H8BrClN2. The monoisotopic (exact) mass is 282 g/mol. The summed E-state index contributed by atoms with van der Waals surface area (Å²) in [6, 6.07) is 9.56. The molecule has 2 rings (SSSR count). The minimum absolute atomic E-state index is 0.470. The number of hydrogen-bond acceptors (Lipinski definition) is 2. The molecule has 0 N–H and O–H groups in total. The van der Waals surface area contributed by atoms with Crippen molar-refractivity contribution < 1.29 is 0 Å². The van der Waals surface area contributed by atoms with Gasteiger partial charge in [0.15, 0.2) is 5.82 Å². The first-order chi connectivity index (χ1) is 7.15. The van der Waals surface area contributed by atoms with Crippen LogP contribution in [0.25, 0.3) is 11.4 Å². The van der Waals surface area contributed by atoms with Crippen molar-refractivity contribution in [1.82, 2.24) is 9.97 Å². The average Bonchev–Trinajstić information content (AvgIpc) is 2.16. The molecule has 0 aliphatic heterocycles. The van der Waals surface area contributed by atoms with E-state index < -0.39 is 0 Å². The molecule has 1 aromatic carbocycles. The first kappa shape index (κ1) is 10.6. The fourth-order valence-electron chi connectivity index (χ4n) is 1.29. The predicted molar refractivity (Wildman–Crippen MR) is 64.9 cm³/mol. The van der Waals surface area contributed by atoms with Gasteiger partial charge in [-0.15, -0.1) is 0 Å². The Morgan fingerprint density at radius 3 is 2.67 bits per heavy atom. The Balaban J connectivity index is 2.54. The van der Waals surface area contributed by atoms with E-state index in [1.54, 1.807) is 6.07 Å². The highest BCUT2D eigenvalue weighted by molar-refractivity contribution is 9.10. The second-order valence-electron chi connectivity index (χ2n) is 3.17. The van der Waals surface area contributed by atoms with Gasteiger partial charge in [-0.25, -0.2) is 9.97 Å². The molecule has 15 heavy (non-hydrogen) atoms. The van der Waals surface area contributed by atoms with Crippen LogP contribution >= 0.6 is 27.5 Å². The van der Waals surface area contributed by atoms with Gasteiger partial charge in [0.25, 0.3) is 0 Å². The highest BCUT2D eigenvalue weighted by Gasteiger charge is 2.03. The Bertz CT molecular complexity index is 479. The maximum absolute atomic E-state index is 5.88. The SMILES string of the molecule is Cc1cc(Cl)nc(-c2cccc(Br)c2)n1. The van der Waals surface area contributed by atoms with Gasteiger partial charge in [-0.1, -0.05) is 39.7 Å². The van der Waals surface area contributed by atoms with Gasteiger partial charge < -0.3 is 0 Å². The fraction of sp³-hybridized carbons (Fsp3) is 0.0909. The summed E-state index contributed by atoms with van der Waals surface area (Å²) in [4.78, 5) is 8.51. The van der Waals surface area contributed by atoms with E-state index in [2.05, 4.69) is 25.9 Å². The molecule has 4 heteroatoms. The molecular weight excluding hydrogens is 275 g/mol. The number of aromatic nitrogens is 2. The summed E-state index contributed by atoms with van der Waals surface area (Å²) < 4.78 is 1.00. The average molecular weight is 284 g/mol. The summed E-state index contributed by atoms with van der Waals surface area (Å²) in [5.41, 5.74) is 1.82. The Morgan fingerprint density at radius 1 is 1.20 bits per heavy atom. The predicted octanol–water partition coefficient (Wildman–Crippen LogP) is 3.87. The van der Waals surface area contributed by atoms with Crippen molar-refractivity contribution in [3.05, 3.63) is 45.7 Å². The van der Waals surface area contributed by atoms with Gasteiger partial charge in [-0.2, -0.15) is 0 Å². The van der Waals surface area contributed by atoms with E-state index in [0.29, 0.717) is 11.0 Å². The van der Waals surface area contributed by atoms with E-state index in [-0.39, 0.29) is 0 Å². The molecule has 76 valence electrons. The van der Waals surface area contributed by atoms with Gasteiger partial charge in [-0.05, 0) is 25.1 Å². The molecule has 0 atom stereocenters. The molecule has 1 aromatic heterocycles. The van der Waals surface area contributed by atoms with Crippen LogP contribution in [0.5, 0.6) is 0 Å². The van der Waals surface area contributed by atoms with Crippen molar-refractivity contribution >= 4 is 27.5 Å². The molecule has 0 aliphatic carbocycles. The van der Waals surface area contributed by atoms with Crippen molar-refractivity contribution in [3.8, 4) is 11.4 Å². The molecule has 0 fully saturated rings. The van der Waals surface area contributed by atoms with Gasteiger partial charge in [0, 0.05) is 15.7 Å². The van der Waals surface area contributed by atoms with Crippen LogP contribution in [0.15, 0.2) is 34.8 Å². The van der Waals surface area contributed by atoms with Crippen LogP contribution in [-0.4, -0.2) is 9.97 Å². The van der Waals surface area contributed by atoms with Crippen LogP contribution in [0.1, 0.15) is 5.69 Å². The quantitative estimate of drug-likeness (QED) is 0.743. The maximum atomic E-state index is 5.88. The lowest BCUT2D eigenvalue weighted by molar-refractivity contribution is 1.11. The molecule has 0 radical (unpaired) electrons. The molecule has 0 spiro atoms. The standard InChI is InChI=1S/C11H8BrClN2/c1-7-5-10(13)15-11(14-7)8-3-2-4-9(12)6-8/h2-6H,1H3. The number of halogens is 2. The van der Waals surface area contributed by atoms with Crippen LogP contribution < -0.4 is 0 Å².